The van der Waals surface area contributed by atoms with E-state index in [0.717, 1.165) is 81.2 Å². The van der Waals surface area contributed by atoms with Gasteiger partial charge in [-0.05, 0) is 50.7 Å². The topological polar surface area (TPSA) is 76.2 Å². The average molecular weight is 756 g/mol. The van der Waals surface area contributed by atoms with E-state index >= 15 is 0 Å². The number of aromatic nitrogens is 2. The molecule has 3 heterocycles. The van der Waals surface area contributed by atoms with Gasteiger partial charge in [-0.3, -0.25) is 14.8 Å². The Labute approximate surface area is 269 Å². The first-order chi connectivity index (χ1) is 20.2. The smallest absolute Gasteiger partial charge is 0.162 e. The third-order valence-electron chi connectivity index (χ3n) is 8.04. The van der Waals surface area contributed by atoms with Crippen molar-refractivity contribution in [2.45, 2.75) is 80.1 Å². The van der Waals surface area contributed by atoms with Crippen molar-refractivity contribution in [2.24, 2.45) is 11.8 Å². The summed E-state index contributed by atoms with van der Waals surface area (Å²) in [6.45, 7) is 14.4. The van der Waals surface area contributed by atoms with E-state index in [1.807, 2.05) is 65.0 Å². The van der Waals surface area contributed by atoms with Gasteiger partial charge < -0.3 is 9.52 Å². The van der Waals surface area contributed by atoms with E-state index < -0.39 is 0 Å². The number of aliphatic hydroxyl groups excluding tert-OH is 1. The minimum atomic E-state index is 0. The van der Waals surface area contributed by atoms with Crippen LogP contribution in [0.15, 0.2) is 70.8 Å². The molecule has 0 aliphatic carbocycles. The van der Waals surface area contributed by atoms with Crippen LogP contribution in [-0.2, 0) is 24.9 Å². The molecule has 0 atom stereocenters. The molecule has 1 radical (unpaired) electrons. The maximum Gasteiger partial charge on any atom is 0.162 e. The zero-order valence-electron chi connectivity index (χ0n) is 26.3. The number of rotatable bonds is 9. The summed E-state index contributed by atoms with van der Waals surface area (Å²) in [5.74, 6) is 1.72. The summed E-state index contributed by atoms with van der Waals surface area (Å²) in [6, 6.07) is 22.0. The second-order valence-corrected chi connectivity index (χ2v) is 11.2. The van der Waals surface area contributed by atoms with E-state index in [4.69, 9.17) is 14.4 Å². The largest absolute Gasteiger partial charge is 0.512 e. The van der Waals surface area contributed by atoms with Gasteiger partial charge in [0.05, 0.1) is 17.0 Å². The first-order valence-electron chi connectivity index (χ1n) is 15.3. The van der Waals surface area contributed by atoms with E-state index in [-0.39, 0.29) is 43.5 Å². The van der Waals surface area contributed by atoms with E-state index in [0.29, 0.717) is 5.92 Å². The van der Waals surface area contributed by atoms with Crippen molar-refractivity contribution in [2.75, 3.05) is 0 Å². The third-order valence-corrected chi connectivity index (χ3v) is 8.04. The summed E-state index contributed by atoms with van der Waals surface area (Å²) in [4.78, 5) is 21.6. The number of hydrogen-bond donors (Lipinski definition) is 1. The standard InChI is InChI=1S/C24H19N2O.C13H24O2.Ir/c1-14(2)22-17-9-5-4-8-16(17)13-21(26-22)23-24-19(12-15(3)27-24)18-10-6-7-11-20(18)25-23;1-5-10(6-2)12(14)9-13(15)11(7-3)8-4;/h4-12,14H,1-3H3;9-11,14H,5-8H2,1-4H3;/q-1;;/b;12-9-;. The van der Waals surface area contributed by atoms with Gasteiger partial charge >= 0.3 is 0 Å². The normalized spacial score (nSPS) is 11.8. The molecule has 0 amide bonds. The second kappa shape index (κ2) is 15.4. The Bertz CT molecular complexity index is 1710. The van der Waals surface area contributed by atoms with E-state index in [2.05, 4.69) is 44.2 Å². The van der Waals surface area contributed by atoms with Crippen LogP contribution in [0, 0.1) is 24.8 Å². The Morgan fingerprint density at radius 1 is 0.884 bits per heavy atom. The number of aliphatic hydroxyl groups is 1. The number of ketones is 1. The van der Waals surface area contributed by atoms with Crippen LogP contribution in [0.4, 0.5) is 0 Å². The van der Waals surface area contributed by atoms with Crippen LogP contribution < -0.4 is 0 Å². The molecule has 5 nitrogen and oxygen atoms in total. The van der Waals surface area contributed by atoms with Crippen LogP contribution in [0.1, 0.15) is 84.6 Å². The number of nitrogens with zero attached hydrogens (tertiary/aromatic N) is 2. The van der Waals surface area contributed by atoms with Crippen molar-refractivity contribution in [3.8, 4) is 11.4 Å². The van der Waals surface area contributed by atoms with Gasteiger partial charge in [0.15, 0.2) is 5.78 Å². The van der Waals surface area contributed by atoms with Gasteiger partial charge in [-0.25, -0.2) is 0 Å². The van der Waals surface area contributed by atoms with Gasteiger partial charge in [-0.2, -0.15) is 0 Å². The number of para-hydroxylation sites is 1. The Hall–Kier alpha value is -3.34. The third kappa shape index (κ3) is 7.60. The van der Waals surface area contributed by atoms with Gasteiger partial charge in [0.2, 0.25) is 0 Å². The molecule has 2 aromatic carbocycles. The summed E-state index contributed by atoms with van der Waals surface area (Å²) in [7, 11) is 0. The number of carbonyl (C=O) groups excluding carboxylic acids is 1. The van der Waals surface area contributed by atoms with E-state index in [1.165, 1.54) is 6.08 Å². The number of carbonyl (C=O) groups is 1. The Morgan fingerprint density at radius 3 is 2.12 bits per heavy atom. The summed E-state index contributed by atoms with van der Waals surface area (Å²) in [6.07, 6.45) is 4.91. The molecular formula is C37H43IrN2O3-. The Kier molecular flexibility index (Phi) is 12.2. The number of hydrogen-bond acceptors (Lipinski definition) is 5. The monoisotopic (exact) mass is 756 g/mol. The van der Waals surface area contributed by atoms with Gasteiger partial charge in [-0.15, -0.1) is 23.6 Å². The van der Waals surface area contributed by atoms with Crippen LogP contribution >= 0.6 is 0 Å². The molecule has 5 rings (SSSR count). The second-order valence-electron chi connectivity index (χ2n) is 11.2. The summed E-state index contributed by atoms with van der Waals surface area (Å²) < 4.78 is 6.05. The molecule has 0 aliphatic rings. The fourth-order valence-electron chi connectivity index (χ4n) is 5.50. The van der Waals surface area contributed by atoms with Gasteiger partial charge in [0.25, 0.3) is 0 Å². The molecule has 0 bridgehead atoms. The zero-order valence-corrected chi connectivity index (χ0v) is 28.7. The molecular weight excluding hydrogens is 713 g/mol. The molecule has 1 N–H and O–H groups in total. The molecule has 43 heavy (non-hydrogen) atoms. The number of aryl methyl sites for hydroxylation is 1. The molecule has 0 spiro atoms. The fraction of sp³-hybridized carbons (Fsp3) is 0.378. The summed E-state index contributed by atoms with van der Waals surface area (Å²) in [5.41, 5.74) is 4.27. The first kappa shape index (κ1) is 34.2. The quantitative estimate of drug-likeness (QED) is 0.0921. The predicted octanol–water partition coefficient (Wildman–Crippen LogP) is 10.3. The Balaban J connectivity index is 0.000000274. The van der Waals surface area contributed by atoms with Crippen LogP contribution in [0.2, 0.25) is 0 Å². The zero-order chi connectivity index (χ0) is 30.4. The van der Waals surface area contributed by atoms with Crippen molar-refractivity contribution in [1.82, 2.24) is 9.97 Å². The number of fused-ring (bicyclic) bond motifs is 4. The van der Waals surface area contributed by atoms with Crippen molar-refractivity contribution < 1.29 is 34.4 Å². The molecule has 0 fully saturated rings. The molecule has 0 saturated carbocycles. The predicted molar refractivity (Wildman–Crippen MR) is 174 cm³/mol. The molecule has 0 saturated heterocycles. The van der Waals surface area contributed by atoms with Crippen LogP contribution in [0.5, 0.6) is 0 Å². The maximum atomic E-state index is 11.7. The summed E-state index contributed by atoms with van der Waals surface area (Å²) >= 11 is 0. The van der Waals surface area contributed by atoms with Crippen molar-refractivity contribution in [3.63, 3.8) is 0 Å². The van der Waals surface area contributed by atoms with Crippen LogP contribution in [0.25, 0.3) is 44.0 Å². The van der Waals surface area contributed by atoms with Crippen molar-refractivity contribution in [1.29, 1.82) is 0 Å². The number of pyridine rings is 2. The van der Waals surface area contributed by atoms with Gasteiger partial charge in [0, 0.05) is 60.2 Å². The molecule has 0 aliphatic heterocycles. The van der Waals surface area contributed by atoms with E-state index in [1.54, 1.807) is 0 Å². The molecule has 3 aromatic heterocycles. The van der Waals surface area contributed by atoms with Crippen LogP contribution in [-0.4, -0.2) is 20.9 Å². The number of furan rings is 1. The maximum absolute atomic E-state index is 11.7. The van der Waals surface area contributed by atoms with Crippen molar-refractivity contribution in [3.05, 3.63) is 84.0 Å². The minimum Gasteiger partial charge on any atom is -0.512 e. The Morgan fingerprint density at radius 2 is 1.49 bits per heavy atom. The summed E-state index contributed by atoms with van der Waals surface area (Å²) in [5, 5.41) is 14.1. The SMILES string of the molecule is CCC(CC)C(=O)/C=C(\O)C(CC)CC.Cc1cc2c(o1)c(-c1[c-]c3ccccc3c(C(C)C)n1)nc1ccccc12.[Ir]. The van der Waals surface area contributed by atoms with E-state index in [9.17, 15) is 9.90 Å². The van der Waals surface area contributed by atoms with Gasteiger partial charge in [-0.1, -0.05) is 77.3 Å². The molecule has 6 heteroatoms. The van der Waals surface area contributed by atoms with Crippen molar-refractivity contribution >= 4 is 38.4 Å². The molecule has 0 unspecified atom stereocenters. The van der Waals surface area contributed by atoms with Gasteiger partial charge in [0.1, 0.15) is 11.3 Å². The fourth-order valence-corrected chi connectivity index (χ4v) is 5.50. The number of allylic oxidation sites excluding steroid dienone is 2. The minimum absolute atomic E-state index is 0. The average Bonchev–Trinajstić information content (AvgIpc) is 3.39. The molecule has 229 valence electrons. The van der Waals surface area contributed by atoms with Crippen LogP contribution in [0.3, 0.4) is 0 Å². The number of benzene rings is 2. The molecule has 5 aromatic rings. The first-order valence-corrected chi connectivity index (χ1v) is 15.3.